The monoisotopic (exact) mass is 212 g/mol. The van der Waals surface area contributed by atoms with Crippen LogP contribution in [0.3, 0.4) is 0 Å². The number of fused-ring (bicyclic) bond motifs is 1. The average Bonchev–Trinajstić information content (AvgIpc) is 2.17. The summed E-state index contributed by atoms with van der Waals surface area (Å²) in [5.41, 5.74) is 0.534. The smallest absolute Gasteiger partial charge is 0.543 e. The van der Waals surface area contributed by atoms with Crippen LogP contribution < -0.4 is 56.5 Å². The topological polar surface area (TPSA) is 65.9 Å². The number of aromatic nitrogens is 2. The Morgan fingerprint density at radius 1 is 1.21 bits per heavy atom. The number of rotatable bonds is 1. The van der Waals surface area contributed by atoms with E-state index in [0.29, 0.717) is 5.52 Å². The van der Waals surface area contributed by atoms with E-state index < -0.39 is 5.97 Å². The molecule has 0 unspecified atom stereocenters. The molecule has 0 fully saturated rings. The molecule has 2 rings (SSSR count). The summed E-state index contributed by atoms with van der Waals surface area (Å²) >= 11 is 0. The number of carbonyl (C=O) groups is 1. The predicted octanol–water partition coefficient (Wildman–Crippen LogP) is -3.00. The summed E-state index contributed by atoms with van der Waals surface area (Å²) in [7, 11) is 0. The molecule has 0 N–H and O–H groups in total. The van der Waals surface area contributed by atoms with Gasteiger partial charge in [0, 0.05) is 5.39 Å². The maximum Gasteiger partial charge on any atom is 1.00 e. The van der Waals surface area contributed by atoms with E-state index in [1.165, 1.54) is 6.07 Å². The van der Waals surface area contributed by atoms with Crippen molar-refractivity contribution in [1.82, 2.24) is 10.2 Å². The van der Waals surface area contributed by atoms with Crippen molar-refractivity contribution in [3.8, 4) is 0 Å². The van der Waals surface area contributed by atoms with E-state index >= 15 is 0 Å². The third-order valence-corrected chi connectivity index (χ3v) is 1.70. The van der Waals surface area contributed by atoms with Crippen LogP contribution in [0.1, 0.15) is 10.5 Å². The molecular weight excluding hydrogens is 207 g/mol. The van der Waals surface area contributed by atoms with E-state index in [9.17, 15) is 9.90 Å². The van der Waals surface area contributed by atoms with Gasteiger partial charge in [0.15, 0.2) is 0 Å². The van der Waals surface area contributed by atoms with E-state index in [1.54, 1.807) is 12.1 Å². The van der Waals surface area contributed by atoms with Gasteiger partial charge < -0.3 is 9.90 Å². The quantitative estimate of drug-likeness (QED) is 0.472. The van der Waals surface area contributed by atoms with Crippen LogP contribution >= 0.6 is 0 Å². The van der Waals surface area contributed by atoms with Gasteiger partial charge in [-0.1, -0.05) is 18.2 Å². The minimum Gasteiger partial charge on any atom is -0.543 e. The molecule has 0 amide bonds. The first kappa shape index (κ1) is 11.7. The van der Waals surface area contributed by atoms with Crippen molar-refractivity contribution in [3.63, 3.8) is 0 Å². The number of nitrogens with zero attached hydrogens (tertiary/aromatic N) is 2. The average molecular weight is 212 g/mol. The third kappa shape index (κ3) is 2.37. The second kappa shape index (κ2) is 4.95. The van der Waals surface area contributed by atoms with Crippen molar-refractivity contribution in [2.24, 2.45) is 0 Å². The zero-order valence-corrected chi connectivity index (χ0v) is 10.7. The van der Waals surface area contributed by atoms with Crippen molar-refractivity contribution in [3.05, 3.63) is 36.0 Å². The van der Waals surface area contributed by atoms with Gasteiger partial charge in [0.2, 0.25) is 0 Å². The molecule has 1 aromatic heterocycles. The molecule has 64 valence electrons. The van der Waals surface area contributed by atoms with Crippen molar-refractivity contribution < 1.29 is 61.3 Å². The first-order valence-corrected chi connectivity index (χ1v) is 3.71. The van der Waals surface area contributed by atoms with Gasteiger partial charge in [-0.05, 0) is 12.1 Å². The molecule has 0 atom stereocenters. The second-order valence-corrected chi connectivity index (χ2v) is 2.58. The van der Waals surface area contributed by atoms with Crippen LogP contribution in [-0.2, 0) is 0 Å². The summed E-state index contributed by atoms with van der Waals surface area (Å²) in [5, 5.41) is 18.4. The number of carboxylic acid groups (broad SMARTS) is 1. The number of carboxylic acids is 1. The Morgan fingerprint density at radius 3 is 2.64 bits per heavy atom. The minimum atomic E-state index is -1.31. The fourth-order valence-corrected chi connectivity index (χ4v) is 1.08. The molecule has 14 heavy (non-hydrogen) atoms. The van der Waals surface area contributed by atoms with Crippen molar-refractivity contribution in [2.45, 2.75) is 0 Å². The maximum atomic E-state index is 10.4. The van der Waals surface area contributed by atoms with Gasteiger partial charge in [0.1, 0.15) is 5.69 Å². The van der Waals surface area contributed by atoms with Crippen LogP contribution in [-0.4, -0.2) is 16.2 Å². The van der Waals surface area contributed by atoms with E-state index in [4.69, 9.17) is 0 Å². The summed E-state index contributed by atoms with van der Waals surface area (Å²) in [6.45, 7) is 0. The molecule has 0 spiro atoms. The van der Waals surface area contributed by atoms with Crippen LogP contribution in [0.2, 0.25) is 0 Å². The zero-order valence-electron chi connectivity index (χ0n) is 7.60. The molecule has 0 aliphatic heterocycles. The Kier molecular flexibility index (Phi) is 4.15. The van der Waals surface area contributed by atoms with Crippen LogP contribution in [0, 0.1) is 0 Å². The van der Waals surface area contributed by atoms with Gasteiger partial charge in [0.05, 0.1) is 11.5 Å². The molecule has 0 saturated carbocycles. The Balaban J connectivity index is 0.000000980. The number of hydrogen-bond acceptors (Lipinski definition) is 4. The third-order valence-electron chi connectivity index (χ3n) is 1.70. The van der Waals surface area contributed by atoms with Gasteiger partial charge in [-0.3, -0.25) is 0 Å². The molecular formula is C9H5KN2O2. The summed E-state index contributed by atoms with van der Waals surface area (Å²) < 4.78 is 0. The first-order chi connectivity index (χ1) is 6.27. The van der Waals surface area contributed by atoms with Crippen LogP contribution in [0.25, 0.3) is 10.9 Å². The second-order valence-electron chi connectivity index (χ2n) is 2.58. The molecule has 1 aromatic carbocycles. The van der Waals surface area contributed by atoms with Crippen molar-refractivity contribution in [2.75, 3.05) is 0 Å². The molecule has 0 saturated heterocycles. The summed E-state index contributed by atoms with van der Waals surface area (Å²) in [6.07, 6.45) is 0. The van der Waals surface area contributed by atoms with Crippen LogP contribution in [0.4, 0.5) is 0 Å². The number of hydrogen-bond donors (Lipinski definition) is 0. The van der Waals surface area contributed by atoms with E-state index in [1.807, 2.05) is 12.1 Å². The summed E-state index contributed by atoms with van der Waals surface area (Å²) in [6, 6.07) is 8.61. The van der Waals surface area contributed by atoms with Gasteiger partial charge in [-0.25, -0.2) is 0 Å². The fourth-order valence-electron chi connectivity index (χ4n) is 1.08. The summed E-state index contributed by atoms with van der Waals surface area (Å²) in [4.78, 5) is 10.4. The molecule has 0 aliphatic rings. The molecule has 2 aromatic rings. The molecule has 0 bridgehead atoms. The molecule has 1 heterocycles. The fraction of sp³-hybridized carbons (Fsp3) is 0. The predicted molar refractivity (Wildman–Crippen MR) is 43.9 cm³/mol. The SMILES string of the molecule is O=C([O-])c1cc2ccccc2nn1.[K+]. The Hall–Kier alpha value is -0.334. The number of benzene rings is 1. The standard InChI is InChI=1S/C9H6N2O2.K/c12-9(13)8-5-6-3-1-2-4-7(6)10-11-8;/h1-5H,(H,12,13);/q;+1/p-1. The minimum absolute atomic E-state index is 0. The Bertz CT molecular complexity index is 473. The van der Waals surface area contributed by atoms with Gasteiger partial charge >= 0.3 is 51.4 Å². The van der Waals surface area contributed by atoms with Gasteiger partial charge in [-0.15, -0.1) is 10.2 Å². The van der Waals surface area contributed by atoms with Crippen molar-refractivity contribution in [1.29, 1.82) is 0 Å². The van der Waals surface area contributed by atoms with Crippen LogP contribution in [0.5, 0.6) is 0 Å². The van der Waals surface area contributed by atoms with Gasteiger partial charge in [-0.2, -0.15) is 0 Å². The van der Waals surface area contributed by atoms with Crippen molar-refractivity contribution >= 4 is 16.9 Å². The van der Waals surface area contributed by atoms with E-state index in [2.05, 4.69) is 10.2 Å². The Labute approximate surface area is 123 Å². The molecule has 5 heteroatoms. The zero-order chi connectivity index (χ0) is 9.26. The van der Waals surface area contributed by atoms with E-state index in [-0.39, 0.29) is 57.1 Å². The summed E-state index contributed by atoms with van der Waals surface area (Å²) in [5.74, 6) is -1.31. The Morgan fingerprint density at radius 2 is 1.93 bits per heavy atom. The molecule has 0 radical (unpaired) electrons. The number of carbonyl (C=O) groups excluding carboxylic acids is 1. The van der Waals surface area contributed by atoms with Gasteiger partial charge in [0.25, 0.3) is 0 Å². The van der Waals surface area contributed by atoms with Crippen LogP contribution in [0.15, 0.2) is 30.3 Å². The normalized spacial score (nSPS) is 9.43. The van der Waals surface area contributed by atoms with E-state index in [0.717, 1.165) is 5.39 Å². The molecule has 0 aliphatic carbocycles. The first-order valence-electron chi connectivity index (χ1n) is 3.71. The largest absolute Gasteiger partial charge is 1.00 e. The maximum absolute atomic E-state index is 10.4. The molecule has 4 nitrogen and oxygen atoms in total. The number of aromatic carboxylic acids is 1.